The second kappa shape index (κ2) is 6.13. The van der Waals surface area contributed by atoms with E-state index in [4.69, 9.17) is 0 Å². The number of piperidine rings is 1. The van der Waals surface area contributed by atoms with Gasteiger partial charge in [0.2, 0.25) is 5.91 Å². The minimum atomic E-state index is -0.249. The Morgan fingerprint density at radius 2 is 2.14 bits per heavy atom. The Bertz CT molecular complexity index is 712. The van der Waals surface area contributed by atoms with E-state index in [9.17, 15) is 9.59 Å². The van der Waals surface area contributed by atoms with Gasteiger partial charge in [0.25, 0.3) is 5.56 Å². The van der Waals surface area contributed by atoms with Gasteiger partial charge in [-0.2, -0.15) is 5.10 Å². The molecule has 2 aromatic heterocycles. The second-order valence-electron chi connectivity index (χ2n) is 5.60. The molecule has 0 saturated carbocycles. The van der Waals surface area contributed by atoms with Crippen molar-refractivity contribution in [1.82, 2.24) is 24.2 Å². The summed E-state index contributed by atoms with van der Waals surface area (Å²) < 4.78 is 3.24. The van der Waals surface area contributed by atoms with Crippen molar-refractivity contribution in [3.05, 3.63) is 46.9 Å². The van der Waals surface area contributed by atoms with Crippen LogP contribution in [0.3, 0.4) is 0 Å². The van der Waals surface area contributed by atoms with Crippen molar-refractivity contribution in [3.63, 3.8) is 0 Å². The average Bonchev–Trinajstić information content (AvgIpc) is 2.96. The Morgan fingerprint density at radius 1 is 1.36 bits per heavy atom. The van der Waals surface area contributed by atoms with Gasteiger partial charge in [0.1, 0.15) is 6.54 Å². The van der Waals surface area contributed by atoms with E-state index in [2.05, 4.69) is 10.1 Å². The van der Waals surface area contributed by atoms with E-state index in [0.29, 0.717) is 19.0 Å². The van der Waals surface area contributed by atoms with Crippen LogP contribution >= 0.6 is 0 Å². The first-order chi connectivity index (χ1) is 10.6. The molecule has 3 heterocycles. The maximum absolute atomic E-state index is 12.3. The number of hydrogen-bond acceptors (Lipinski definition) is 4. The molecule has 22 heavy (non-hydrogen) atoms. The summed E-state index contributed by atoms with van der Waals surface area (Å²) in [7, 11) is 1.99. The van der Waals surface area contributed by atoms with Crippen molar-refractivity contribution in [2.75, 3.05) is 13.1 Å². The molecule has 1 aliphatic heterocycles. The van der Waals surface area contributed by atoms with Crippen molar-refractivity contribution in [2.24, 2.45) is 7.05 Å². The number of hydrogen-bond donors (Lipinski definition) is 0. The molecule has 0 spiro atoms. The Kier molecular flexibility index (Phi) is 4.04. The second-order valence-corrected chi connectivity index (χ2v) is 5.60. The molecule has 2 aromatic rings. The van der Waals surface area contributed by atoms with Crippen LogP contribution in [0.5, 0.6) is 0 Å². The Morgan fingerprint density at radius 3 is 2.77 bits per heavy atom. The van der Waals surface area contributed by atoms with Gasteiger partial charge in [0.15, 0.2) is 0 Å². The number of nitrogens with zero attached hydrogens (tertiary/aromatic N) is 5. The van der Waals surface area contributed by atoms with E-state index < -0.39 is 0 Å². The largest absolute Gasteiger partial charge is 0.341 e. The molecule has 0 atom stereocenters. The third kappa shape index (κ3) is 2.93. The van der Waals surface area contributed by atoms with E-state index in [1.807, 2.05) is 22.7 Å². The normalized spacial score (nSPS) is 16.0. The van der Waals surface area contributed by atoms with Crippen LogP contribution in [0.15, 0.2) is 35.6 Å². The molecule has 1 aliphatic rings. The molecule has 3 rings (SSSR count). The molecule has 0 unspecified atom stereocenters. The zero-order chi connectivity index (χ0) is 15.5. The van der Waals surface area contributed by atoms with Crippen molar-refractivity contribution < 1.29 is 4.79 Å². The fourth-order valence-corrected chi connectivity index (χ4v) is 2.92. The first kappa shape index (κ1) is 14.5. The van der Waals surface area contributed by atoms with Gasteiger partial charge in [0.05, 0.1) is 6.33 Å². The van der Waals surface area contributed by atoms with Gasteiger partial charge < -0.3 is 9.47 Å². The van der Waals surface area contributed by atoms with Gasteiger partial charge in [-0.3, -0.25) is 9.59 Å². The summed E-state index contributed by atoms with van der Waals surface area (Å²) >= 11 is 0. The van der Waals surface area contributed by atoms with Crippen LogP contribution in [0.1, 0.15) is 24.5 Å². The predicted octanol–water partition coefficient (Wildman–Crippen LogP) is 0.383. The van der Waals surface area contributed by atoms with E-state index in [1.165, 1.54) is 22.6 Å². The molecule has 0 bridgehead atoms. The van der Waals surface area contributed by atoms with Crippen LogP contribution in [0, 0.1) is 0 Å². The van der Waals surface area contributed by atoms with Crippen LogP contribution in [0.25, 0.3) is 0 Å². The molecule has 0 aromatic carbocycles. The molecular weight excluding hydrogens is 282 g/mol. The smallest absolute Gasteiger partial charge is 0.267 e. The summed E-state index contributed by atoms with van der Waals surface area (Å²) in [4.78, 5) is 29.9. The lowest BCUT2D eigenvalue weighted by Gasteiger charge is -2.32. The molecule has 0 N–H and O–H groups in total. The molecule has 1 amide bonds. The molecule has 1 fully saturated rings. The number of imidazole rings is 1. The molecule has 1 saturated heterocycles. The lowest BCUT2D eigenvalue weighted by atomic mass is 9.94. The zero-order valence-corrected chi connectivity index (χ0v) is 12.6. The topological polar surface area (TPSA) is 73.0 Å². The SMILES string of the molecule is Cn1cncc1C1CCN(C(=O)Cn2ncccc2=O)CC1. The molecule has 7 heteroatoms. The lowest BCUT2D eigenvalue weighted by molar-refractivity contribution is -0.133. The van der Waals surface area contributed by atoms with E-state index in [-0.39, 0.29) is 18.0 Å². The minimum absolute atomic E-state index is 0.00997. The van der Waals surface area contributed by atoms with Crippen molar-refractivity contribution in [1.29, 1.82) is 0 Å². The van der Waals surface area contributed by atoms with E-state index in [1.54, 1.807) is 12.4 Å². The van der Waals surface area contributed by atoms with Gasteiger partial charge in [0, 0.05) is 50.2 Å². The summed E-state index contributed by atoms with van der Waals surface area (Å²) in [6.07, 6.45) is 7.06. The van der Waals surface area contributed by atoms with Gasteiger partial charge in [-0.25, -0.2) is 9.67 Å². The highest BCUT2D eigenvalue weighted by atomic mass is 16.2. The van der Waals surface area contributed by atoms with Crippen LogP contribution < -0.4 is 5.56 Å². The predicted molar refractivity (Wildman–Crippen MR) is 80.3 cm³/mol. The van der Waals surface area contributed by atoms with Crippen molar-refractivity contribution in [2.45, 2.75) is 25.3 Å². The number of amides is 1. The molecule has 116 valence electrons. The Labute approximate surface area is 128 Å². The van der Waals surface area contributed by atoms with E-state index >= 15 is 0 Å². The highest BCUT2D eigenvalue weighted by molar-refractivity contribution is 5.76. The maximum Gasteiger partial charge on any atom is 0.267 e. The highest BCUT2D eigenvalue weighted by Crippen LogP contribution is 2.27. The fourth-order valence-electron chi connectivity index (χ4n) is 2.92. The summed E-state index contributed by atoms with van der Waals surface area (Å²) in [6, 6.07) is 2.98. The van der Waals surface area contributed by atoms with E-state index in [0.717, 1.165) is 12.8 Å². The van der Waals surface area contributed by atoms with Crippen LogP contribution in [-0.2, 0) is 18.4 Å². The third-order valence-corrected chi connectivity index (χ3v) is 4.19. The highest BCUT2D eigenvalue weighted by Gasteiger charge is 2.25. The number of carbonyl (C=O) groups is 1. The maximum atomic E-state index is 12.3. The zero-order valence-electron chi connectivity index (χ0n) is 12.6. The minimum Gasteiger partial charge on any atom is -0.341 e. The molecule has 0 radical (unpaired) electrons. The quantitative estimate of drug-likeness (QED) is 0.822. The van der Waals surface area contributed by atoms with Gasteiger partial charge in [-0.1, -0.05) is 0 Å². The van der Waals surface area contributed by atoms with Crippen LogP contribution in [0.2, 0.25) is 0 Å². The van der Waals surface area contributed by atoms with Crippen LogP contribution in [0.4, 0.5) is 0 Å². The monoisotopic (exact) mass is 301 g/mol. The summed E-state index contributed by atoms with van der Waals surface area (Å²) in [6.45, 7) is 1.42. The first-order valence-electron chi connectivity index (χ1n) is 7.41. The summed E-state index contributed by atoms with van der Waals surface area (Å²) in [5.74, 6) is 0.387. The lowest BCUT2D eigenvalue weighted by Crippen LogP contribution is -2.41. The summed E-state index contributed by atoms with van der Waals surface area (Å²) in [5.41, 5.74) is 0.966. The number of likely N-dealkylation sites (tertiary alicyclic amines) is 1. The molecular formula is C15H19N5O2. The van der Waals surface area contributed by atoms with Crippen LogP contribution in [-0.4, -0.2) is 43.2 Å². The molecule has 0 aliphatic carbocycles. The van der Waals surface area contributed by atoms with Gasteiger partial charge in [-0.15, -0.1) is 0 Å². The van der Waals surface area contributed by atoms with Crippen molar-refractivity contribution >= 4 is 5.91 Å². The number of aromatic nitrogens is 4. The number of carbonyl (C=O) groups excluding carboxylic acids is 1. The fraction of sp³-hybridized carbons (Fsp3) is 0.467. The molecule has 7 nitrogen and oxygen atoms in total. The first-order valence-corrected chi connectivity index (χ1v) is 7.41. The summed E-state index contributed by atoms with van der Waals surface area (Å²) in [5, 5.41) is 3.93. The van der Waals surface area contributed by atoms with Gasteiger partial charge >= 0.3 is 0 Å². The Balaban J connectivity index is 1.59. The standard InChI is InChI=1S/C15H19N5O2/c1-18-11-16-9-13(18)12-4-7-19(8-5-12)15(22)10-20-14(21)3-2-6-17-20/h2-3,6,9,11-12H,4-5,7-8,10H2,1H3. The van der Waals surface area contributed by atoms with Gasteiger partial charge in [-0.05, 0) is 18.9 Å². The number of aryl methyl sites for hydroxylation is 1. The third-order valence-electron chi connectivity index (χ3n) is 4.19. The number of rotatable bonds is 3. The van der Waals surface area contributed by atoms with Crippen molar-refractivity contribution in [3.8, 4) is 0 Å². The average molecular weight is 301 g/mol. The Hall–Kier alpha value is -2.44.